The Morgan fingerprint density at radius 1 is 0.938 bits per heavy atom. The van der Waals surface area contributed by atoms with Crippen LogP contribution in [-0.4, -0.2) is 28.0 Å². The largest absolute Gasteiger partial charge is 0.441 e. The van der Waals surface area contributed by atoms with E-state index in [1.165, 1.54) is 5.39 Å². The van der Waals surface area contributed by atoms with Crippen molar-refractivity contribution >= 4 is 21.9 Å². The Kier molecular flexibility index (Phi) is 4.76. The van der Waals surface area contributed by atoms with Crippen molar-refractivity contribution < 1.29 is 8.83 Å². The molecular formula is C27H25N3O2. The molecule has 0 N–H and O–H groups in total. The van der Waals surface area contributed by atoms with Crippen molar-refractivity contribution in [3.8, 4) is 11.5 Å². The Labute approximate surface area is 186 Å². The van der Waals surface area contributed by atoms with Crippen LogP contribution >= 0.6 is 0 Å². The number of benzene rings is 3. The van der Waals surface area contributed by atoms with E-state index in [1.54, 1.807) is 0 Å². The SMILES string of the molecule is Cc1oc(-c2cccc3ccccc23)nc1CN1CCC[C@@H](c2nc3ccccc3o2)C1. The predicted molar refractivity (Wildman–Crippen MR) is 125 cm³/mol. The maximum Gasteiger partial charge on any atom is 0.227 e. The van der Waals surface area contributed by atoms with Gasteiger partial charge in [0.05, 0.1) is 5.69 Å². The number of nitrogens with zero attached hydrogens (tertiary/aromatic N) is 3. The molecule has 0 radical (unpaired) electrons. The third-order valence-electron chi connectivity index (χ3n) is 6.45. The third kappa shape index (κ3) is 3.49. The summed E-state index contributed by atoms with van der Waals surface area (Å²) in [7, 11) is 0. The fourth-order valence-electron chi connectivity index (χ4n) is 4.78. The number of aryl methyl sites for hydroxylation is 1. The summed E-state index contributed by atoms with van der Waals surface area (Å²) in [4.78, 5) is 12.1. The van der Waals surface area contributed by atoms with Crippen molar-refractivity contribution in [2.75, 3.05) is 13.1 Å². The monoisotopic (exact) mass is 423 g/mol. The fourth-order valence-corrected chi connectivity index (χ4v) is 4.78. The molecule has 1 atom stereocenters. The first kappa shape index (κ1) is 19.3. The quantitative estimate of drug-likeness (QED) is 0.338. The van der Waals surface area contributed by atoms with Gasteiger partial charge < -0.3 is 8.83 Å². The van der Waals surface area contributed by atoms with Gasteiger partial charge in [0.2, 0.25) is 5.89 Å². The van der Waals surface area contributed by atoms with Crippen LogP contribution in [0.25, 0.3) is 33.3 Å². The number of rotatable bonds is 4. The molecule has 5 nitrogen and oxygen atoms in total. The lowest BCUT2D eigenvalue weighted by atomic mass is 9.98. The summed E-state index contributed by atoms with van der Waals surface area (Å²) >= 11 is 0. The molecule has 5 aromatic rings. The van der Waals surface area contributed by atoms with Gasteiger partial charge in [-0.05, 0) is 55.3 Å². The Morgan fingerprint density at radius 2 is 1.78 bits per heavy atom. The molecule has 1 aliphatic heterocycles. The van der Waals surface area contributed by atoms with Crippen molar-refractivity contribution in [3.05, 3.63) is 84.1 Å². The smallest absolute Gasteiger partial charge is 0.227 e. The number of oxazole rings is 2. The number of hydrogen-bond donors (Lipinski definition) is 0. The van der Waals surface area contributed by atoms with Crippen LogP contribution in [0.5, 0.6) is 0 Å². The third-order valence-corrected chi connectivity index (χ3v) is 6.45. The molecule has 1 fully saturated rings. The van der Waals surface area contributed by atoms with E-state index in [1.807, 2.05) is 31.2 Å². The molecule has 1 saturated heterocycles. The average Bonchev–Trinajstić information content (AvgIpc) is 3.42. The van der Waals surface area contributed by atoms with E-state index in [2.05, 4.69) is 47.4 Å². The zero-order valence-electron chi connectivity index (χ0n) is 18.1. The summed E-state index contributed by atoms with van der Waals surface area (Å²) in [5, 5.41) is 2.36. The summed E-state index contributed by atoms with van der Waals surface area (Å²) < 4.78 is 12.2. The van der Waals surface area contributed by atoms with E-state index < -0.39 is 0 Å². The molecule has 6 rings (SSSR count). The molecule has 5 heteroatoms. The lowest BCUT2D eigenvalue weighted by Gasteiger charge is -2.30. The van der Waals surface area contributed by atoms with Gasteiger partial charge in [-0.1, -0.05) is 48.5 Å². The van der Waals surface area contributed by atoms with Crippen LogP contribution in [0.1, 0.15) is 36.1 Å². The van der Waals surface area contributed by atoms with Gasteiger partial charge in [-0.2, -0.15) is 0 Å². The Balaban J connectivity index is 1.24. The van der Waals surface area contributed by atoms with E-state index in [0.29, 0.717) is 11.8 Å². The molecule has 0 unspecified atom stereocenters. The van der Waals surface area contributed by atoms with Crippen LogP contribution in [0.2, 0.25) is 0 Å². The zero-order valence-corrected chi connectivity index (χ0v) is 18.1. The molecule has 1 aliphatic rings. The van der Waals surface area contributed by atoms with Crippen molar-refractivity contribution in [1.82, 2.24) is 14.9 Å². The summed E-state index contributed by atoms with van der Waals surface area (Å²) in [6.07, 6.45) is 2.22. The predicted octanol–water partition coefficient (Wildman–Crippen LogP) is 6.32. The van der Waals surface area contributed by atoms with Gasteiger partial charge in [-0.15, -0.1) is 0 Å². The van der Waals surface area contributed by atoms with Crippen molar-refractivity contribution in [1.29, 1.82) is 0 Å². The van der Waals surface area contributed by atoms with Gasteiger partial charge in [-0.3, -0.25) is 4.90 Å². The summed E-state index contributed by atoms with van der Waals surface area (Å²) in [5.41, 5.74) is 3.85. The zero-order chi connectivity index (χ0) is 21.5. The molecule has 0 amide bonds. The summed E-state index contributed by atoms with van der Waals surface area (Å²) in [6.45, 7) is 4.76. The highest BCUT2D eigenvalue weighted by Crippen LogP contribution is 2.32. The number of para-hydroxylation sites is 2. The maximum absolute atomic E-state index is 6.13. The molecular weight excluding hydrogens is 398 g/mol. The van der Waals surface area contributed by atoms with E-state index in [0.717, 1.165) is 71.9 Å². The summed E-state index contributed by atoms with van der Waals surface area (Å²) in [5.74, 6) is 2.74. The molecule has 0 bridgehead atoms. The van der Waals surface area contributed by atoms with Gasteiger partial charge in [0.25, 0.3) is 0 Å². The molecule has 3 heterocycles. The van der Waals surface area contributed by atoms with E-state index in [4.69, 9.17) is 18.8 Å². The average molecular weight is 424 g/mol. The summed E-state index contributed by atoms with van der Waals surface area (Å²) in [6, 6.07) is 22.6. The molecule has 3 aromatic carbocycles. The molecule has 0 saturated carbocycles. The second-order valence-corrected chi connectivity index (χ2v) is 8.64. The maximum atomic E-state index is 6.13. The number of fused-ring (bicyclic) bond motifs is 2. The highest BCUT2D eigenvalue weighted by Gasteiger charge is 2.27. The van der Waals surface area contributed by atoms with Crippen molar-refractivity contribution in [3.63, 3.8) is 0 Å². The number of likely N-dealkylation sites (tertiary alicyclic amines) is 1. The van der Waals surface area contributed by atoms with Crippen molar-refractivity contribution in [2.45, 2.75) is 32.2 Å². The lowest BCUT2D eigenvalue weighted by molar-refractivity contribution is 0.185. The van der Waals surface area contributed by atoms with Gasteiger partial charge in [0.15, 0.2) is 11.5 Å². The number of aromatic nitrogens is 2. The number of hydrogen-bond acceptors (Lipinski definition) is 5. The molecule has 2 aromatic heterocycles. The molecule has 0 spiro atoms. The first-order valence-electron chi connectivity index (χ1n) is 11.3. The van der Waals surface area contributed by atoms with Crippen LogP contribution in [-0.2, 0) is 6.54 Å². The normalized spacial score (nSPS) is 17.3. The van der Waals surface area contributed by atoms with Crippen molar-refractivity contribution in [2.24, 2.45) is 0 Å². The minimum atomic E-state index is 0.306. The van der Waals surface area contributed by atoms with Crippen LogP contribution in [0.15, 0.2) is 75.6 Å². The fraction of sp³-hybridized carbons (Fsp3) is 0.259. The standard InChI is InChI=1S/C27H25N3O2/c1-18-24(29-27(31-18)22-12-6-9-19-8-2-3-11-21(19)22)17-30-15-7-10-20(16-30)26-28-23-13-4-5-14-25(23)32-26/h2-6,8-9,11-14,20H,7,10,15-17H2,1H3/t20-/m1/s1. The first-order chi connectivity index (χ1) is 15.7. The molecule has 0 aliphatic carbocycles. The Morgan fingerprint density at radius 3 is 2.72 bits per heavy atom. The lowest BCUT2D eigenvalue weighted by Crippen LogP contribution is -2.34. The van der Waals surface area contributed by atoms with Crippen LogP contribution in [0, 0.1) is 6.92 Å². The second-order valence-electron chi connectivity index (χ2n) is 8.64. The molecule has 32 heavy (non-hydrogen) atoms. The Hall–Kier alpha value is -3.44. The minimum absolute atomic E-state index is 0.306. The van der Waals surface area contributed by atoms with Gasteiger partial charge in [0, 0.05) is 24.6 Å². The van der Waals surface area contributed by atoms with E-state index in [-0.39, 0.29) is 0 Å². The van der Waals surface area contributed by atoms with Gasteiger partial charge in [-0.25, -0.2) is 9.97 Å². The van der Waals surface area contributed by atoms with E-state index in [9.17, 15) is 0 Å². The highest BCUT2D eigenvalue weighted by molar-refractivity contribution is 5.94. The second kappa shape index (κ2) is 7.92. The van der Waals surface area contributed by atoms with Crippen LogP contribution in [0.4, 0.5) is 0 Å². The van der Waals surface area contributed by atoms with Gasteiger partial charge in [0.1, 0.15) is 11.3 Å². The molecule has 160 valence electrons. The highest BCUT2D eigenvalue weighted by atomic mass is 16.4. The van der Waals surface area contributed by atoms with E-state index >= 15 is 0 Å². The minimum Gasteiger partial charge on any atom is -0.441 e. The first-order valence-corrected chi connectivity index (χ1v) is 11.3. The topological polar surface area (TPSA) is 55.3 Å². The van der Waals surface area contributed by atoms with Crippen LogP contribution < -0.4 is 0 Å². The van der Waals surface area contributed by atoms with Gasteiger partial charge >= 0.3 is 0 Å². The Bertz CT molecular complexity index is 1360. The van der Waals surface area contributed by atoms with Crippen LogP contribution in [0.3, 0.4) is 0 Å². The number of piperidine rings is 1.